The van der Waals surface area contributed by atoms with Crippen LogP contribution >= 0.6 is 0 Å². The van der Waals surface area contributed by atoms with Gasteiger partial charge in [0.15, 0.2) is 0 Å². The van der Waals surface area contributed by atoms with Gasteiger partial charge in [-0.25, -0.2) is 4.98 Å². The van der Waals surface area contributed by atoms with Gasteiger partial charge in [-0.15, -0.1) is 0 Å². The van der Waals surface area contributed by atoms with Crippen molar-refractivity contribution in [3.63, 3.8) is 0 Å². The third kappa shape index (κ3) is 4.64. The highest BCUT2D eigenvalue weighted by molar-refractivity contribution is 6.05. The summed E-state index contributed by atoms with van der Waals surface area (Å²) in [5.41, 5.74) is 2.34. The van der Waals surface area contributed by atoms with Crippen molar-refractivity contribution in [2.45, 2.75) is 13.8 Å². The minimum atomic E-state index is -0.0659. The van der Waals surface area contributed by atoms with Crippen molar-refractivity contribution in [3.8, 4) is 5.75 Å². The third-order valence-corrected chi connectivity index (χ3v) is 4.08. The van der Waals surface area contributed by atoms with Gasteiger partial charge in [-0.05, 0) is 62.4 Å². The van der Waals surface area contributed by atoms with Crippen LogP contribution in [0, 0.1) is 0 Å². The first-order chi connectivity index (χ1) is 13.2. The van der Waals surface area contributed by atoms with Crippen molar-refractivity contribution < 1.29 is 9.53 Å². The van der Waals surface area contributed by atoms with E-state index in [9.17, 15) is 4.79 Å². The van der Waals surface area contributed by atoms with Crippen LogP contribution in [0.1, 0.15) is 24.2 Å². The molecular weight excluding hydrogens is 338 g/mol. The number of pyridine rings is 1. The van der Waals surface area contributed by atoms with Gasteiger partial charge in [0, 0.05) is 24.1 Å². The van der Waals surface area contributed by atoms with Crippen molar-refractivity contribution >= 4 is 23.1 Å². The largest absolute Gasteiger partial charge is 0.494 e. The summed E-state index contributed by atoms with van der Waals surface area (Å²) in [4.78, 5) is 18.9. The van der Waals surface area contributed by atoms with Crippen molar-refractivity contribution in [2.24, 2.45) is 0 Å². The van der Waals surface area contributed by atoms with Gasteiger partial charge in [-0.1, -0.05) is 18.2 Å². The summed E-state index contributed by atoms with van der Waals surface area (Å²) in [7, 11) is 0. The summed E-state index contributed by atoms with van der Waals surface area (Å²) in [6, 6.07) is 20.9. The molecule has 1 heterocycles. The Balaban J connectivity index is 1.70. The van der Waals surface area contributed by atoms with Crippen molar-refractivity contribution in [1.29, 1.82) is 0 Å². The number of anilines is 3. The van der Waals surface area contributed by atoms with Crippen LogP contribution in [0.25, 0.3) is 0 Å². The maximum atomic E-state index is 12.8. The van der Waals surface area contributed by atoms with E-state index in [1.54, 1.807) is 17.2 Å². The molecule has 138 valence electrons. The molecule has 0 aliphatic heterocycles. The van der Waals surface area contributed by atoms with Crippen LogP contribution in [0.2, 0.25) is 0 Å². The van der Waals surface area contributed by atoms with Gasteiger partial charge in [0.25, 0.3) is 5.91 Å². The topological polar surface area (TPSA) is 54.5 Å². The number of nitrogens with zero attached hydrogens (tertiary/aromatic N) is 2. The highest BCUT2D eigenvalue weighted by atomic mass is 16.5. The zero-order chi connectivity index (χ0) is 19.1. The second-order valence-corrected chi connectivity index (χ2v) is 5.90. The lowest BCUT2D eigenvalue weighted by Gasteiger charge is -2.21. The number of hydrogen-bond acceptors (Lipinski definition) is 4. The lowest BCUT2D eigenvalue weighted by atomic mass is 10.2. The molecule has 3 aromatic rings. The Morgan fingerprint density at radius 2 is 1.74 bits per heavy atom. The molecule has 0 spiro atoms. The maximum Gasteiger partial charge on any atom is 0.259 e. The molecule has 0 fully saturated rings. The van der Waals surface area contributed by atoms with Gasteiger partial charge in [-0.2, -0.15) is 0 Å². The van der Waals surface area contributed by atoms with Crippen molar-refractivity contribution in [2.75, 3.05) is 23.4 Å². The highest BCUT2D eigenvalue weighted by Crippen LogP contribution is 2.20. The second kappa shape index (κ2) is 8.85. The van der Waals surface area contributed by atoms with E-state index in [0.29, 0.717) is 24.5 Å². The van der Waals surface area contributed by atoms with Crippen molar-refractivity contribution in [3.05, 3.63) is 78.5 Å². The molecule has 0 atom stereocenters. The van der Waals surface area contributed by atoms with E-state index in [1.165, 1.54) is 0 Å². The quantitative estimate of drug-likeness (QED) is 0.651. The smallest absolute Gasteiger partial charge is 0.259 e. The number of hydrogen-bond donors (Lipinski definition) is 1. The summed E-state index contributed by atoms with van der Waals surface area (Å²) in [6.07, 6.45) is 1.60. The van der Waals surface area contributed by atoms with E-state index in [1.807, 2.05) is 74.5 Å². The number of carbonyl (C=O) groups excluding carboxylic acids is 1. The number of aromatic nitrogens is 1. The Morgan fingerprint density at radius 3 is 2.33 bits per heavy atom. The van der Waals surface area contributed by atoms with Crippen LogP contribution in [0.4, 0.5) is 17.2 Å². The summed E-state index contributed by atoms with van der Waals surface area (Å²) in [6.45, 7) is 5.15. The van der Waals surface area contributed by atoms with Crippen LogP contribution in [0.3, 0.4) is 0 Å². The molecule has 0 aliphatic carbocycles. The minimum Gasteiger partial charge on any atom is -0.494 e. The van der Waals surface area contributed by atoms with E-state index in [0.717, 1.165) is 17.1 Å². The molecule has 0 radical (unpaired) electrons. The van der Waals surface area contributed by atoms with Gasteiger partial charge in [0.2, 0.25) is 0 Å². The average Bonchev–Trinajstić information content (AvgIpc) is 2.71. The van der Waals surface area contributed by atoms with Gasteiger partial charge in [0.05, 0.1) is 12.2 Å². The summed E-state index contributed by atoms with van der Waals surface area (Å²) in [5, 5.41) is 3.22. The maximum absolute atomic E-state index is 12.8. The first-order valence-electron chi connectivity index (χ1n) is 9.04. The lowest BCUT2D eigenvalue weighted by molar-refractivity contribution is 0.0988. The first-order valence-corrected chi connectivity index (χ1v) is 9.04. The average molecular weight is 361 g/mol. The van der Waals surface area contributed by atoms with Crippen molar-refractivity contribution in [1.82, 2.24) is 4.98 Å². The second-order valence-electron chi connectivity index (χ2n) is 5.90. The van der Waals surface area contributed by atoms with E-state index < -0.39 is 0 Å². The molecule has 0 bridgehead atoms. The molecule has 1 aromatic heterocycles. The predicted octanol–water partition coefficient (Wildman–Crippen LogP) is 4.89. The number of rotatable bonds is 7. The fourth-order valence-electron chi connectivity index (χ4n) is 2.75. The highest BCUT2D eigenvalue weighted by Gasteiger charge is 2.16. The number of ether oxygens (including phenoxy) is 1. The number of para-hydroxylation sites is 1. The Kier molecular flexibility index (Phi) is 6.05. The number of nitrogens with one attached hydrogen (secondary N) is 1. The van der Waals surface area contributed by atoms with Gasteiger partial charge in [-0.3, -0.25) is 4.79 Å². The van der Waals surface area contributed by atoms with Gasteiger partial charge in [0.1, 0.15) is 11.6 Å². The number of amides is 1. The van der Waals surface area contributed by atoms with E-state index >= 15 is 0 Å². The van der Waals surface area contributed by atoms with E-state index in [2.05, 4.69) is 10.3 Å². The molecular formula is C22H23N3O2. The molecule has 0 unspecified atom stereocenters. The third-order valence-electron chi connectivity index (χ3n) is 4.08. The molecule has 5 nitrogen and oxygen atoms in total. The minimum absolute atomic E-state index is 0.0659. The fraction of sp³-hybridized carbons (Fsp3) is 0.182. The Bertz CT molecular complexity index is 862. The summed E-state index contributed by atoms with van der Waals surface area (Å²) >= 11 is 0. The van der Waals surface area contributed by atoms with E-state index in [-0.39, 0.29) is 5.91 Å². The Morgan fingerprint density at radius 1 is 1.00 bits per heavy atom. The fourth-order valence-corrected chi connectivity index (χ4v) is 2.75. The SMILES string of the molecule is CCOc1ccc(Nc2ccc(C(=O)N(CC)c3ccccc3)cn2)cc1. The molecule has 0 saturated heterocycles. The number of carbonyl (C=O) groups is 1. The predicted molar refractivity (Wildman–Crippen MR) is 109 cm³/mol. The number of benzene rings is 2. The van der Waals surface area contributed by atoms with Crippen LogP contribution in [-0.4, -0.2) is 24.0 Å². The molecule has 2 aromatic carbocycles. The zero-order valence-corrected chi connectivity index (χ0v) is 15.6. The van der Waals surface area contributed by atoms with Gasteiger partial charge >= 0.3 is 0 Å². The summed E-state index contributed by atoms with van der Waals surface area (Å²) in [5.74, 6) is 1.44. The Hall–Kier alpha value is -3.34. The standard InChI is InChI=1S/C22H23N3O2/c1-3-25(19-8-6-5-7-9-19)22(26)17-10-15-21(23-16-17)24-18-11-13-20(14-12-18)27-4-2/h5-16H,3-4H2,1-2H3,(H,23,24). The monoisotopic (exact) mass is 361 g/mol. The normalized spacial score (nSPS) is 10.3. The molecule has 1 amide bonds. The van der Waals surface area contributed by atoms with Crippen LogP contribution in [0.15, 0.2) is 72.9 Å². The van der Waals surface area contributed by atoms with Crippen LogP contribution < -0.4 is 15.0 Å². The molecule has 3 rings (SSSR count). The zero-order valence-electron chi connectivity index (χ0n) is 15.6. The molecule has 0 saturated carbocycles. The van der Waals surface area contributed by atoms with Crippen LogP contribution in [0.5, 0.6) is 5.75 Å². The lowest BCUT2D eigenvalue weighted by Crippen LogP contribution is -2.30. The Labute approximate surface area is 159 Å². The summed E-state index contributed by atoms with van der Waals surface area (Å²) < 4.78 is 5.44. The van der Waals surface area contributed by atoms with Crippen LogP contribution in [-0.2, 0) is 0 Å². The molecule has 5 heteroatoms. The molecule has 1 N–H and O–H groups in total. The van der Waals surface area contributed by atoms with Gasteiger partial charge < -0.3 is 15.0 Å². The van der Waals surface area contributed by atoms with E-state index in [4.69, 9.17) is 4.74 Å². The molecule has 27 heavy (non-hydrogen) atoms. The molecule has 0 aliphatic rings. The first kappa shape index (κ1) is 18.5.